The second-order valence-corrected chi connectivity index (χ2v) is 29.9. The lowest BCUT2D eigenvalue weighted by Gasteiger charge is -2.58. The van der Waals surface area contributed by atoms with Crippen LogP contribution in [0.5, 0.6) is 17.2 Å². The maximum Gasteiger partial charge on any atom is 0.407 e. The van der Waals surface area contributed by atoms with Crippen molar-refractivity contribution in [3.05, 3.63) is 63.2 Å². The Morgan fingerprint density at radius 3 is 2.20 bits per heavy atom. The van der Waals surface area contributed by atoms with E-state index in [9.17, 15) is 54.3 Å². The number of ether oxygens (including phenoxy) is 9. The Hall–Kier alpha value is -4.82. The number of phenolic OH excluding ortho intramolecular Hbond substituents is 2. The maximum absolute atomic E-state index is 14.0. The Kier molecular flexibility index (Phi) is 24.7. The monoisotopic (exact) mass is 1320 g/mol. The van der Waals surface area contributed by atoms with Gasteiger partial charge in [0.1, 0.15) is 55.4 Å². The average Bonchev–Trinajstić information content (AvgIpc) is 0.998. The number of aliphatic hydroxyl groups is 3. The molecule has 6 N–H and O–H groups in total. The van der Waals surface area contributed by atoms with Gasteiger partial charge in [0.05, 0.1) is 94.0 Å². The van der Waals surface area contributed by atoms with Crippen LogP contribution in [-0.4, -0.2) is 175 Å². The van der Waals surface area contributed by atoms with Crippen molar-refractivity contribution >= 4 is 57.0 Å². The van der Waals surface area contributed by atoms with E-state index in [0.717, 1.165) is 48.3 Å². The van der Waals surface area contributed by atoms with E-state index in [1.54, 1.807) is 5.57 Å². The van der Waals surface area contributed by atoms with Crippen LogP contribution in [0.15, 0.2) is 29.8 Å². The number of fused-ring (bicyclic) bond motifs is 8. The van der Waals surface area contributed by atoms with Crippen LogP contribution in [0.4, 0.5) is 4.79 Å². The lowest BCUT2D eigenvalue weighted by molar-refractivity contribution is -0.249. The highest BCUT2D eigenvalue weighted by atomic mass is 33.1. The van der Waals surface area contributed by atoms with Gasteiger partial charge in [0.25, 0.3) is 0 Å². The first-order valence-electron chi connectivity index (χ1n) is 33.2. The van der Waals surface area contributed by atoms with Crippen LogP contribution in [0.25, 0.3) is 0 Å². The fourth-order valence-electron chi connectivity index (χ4n) is 16.5. The normalized spacial score (nSPS) is 30.0. The summed E-state index contributed by atoms with van der Waals surface area (Å²) in [6.45, 7) is 15.0. The summed E-state index contributed by atoms with van der Waals surface area (Å²) in [5.41, 5.74) is -1.76. The third-order valence-corrected chi connectivity index (χ3v) is 23.5. The third-order valence-electron chi connectivity index (χ3n) is 21.2. The molecule has 9 rings (SSSR count). The lowest BCUT2D eigenvalue weighted by atomic mass is 9.47. The first-order valence-corrected chi connectivity index (χ1v) is 35.7. The first kappa shape index (κ1) is 71.5. The molecule has 23 heteroatoms. The SMILES string of the molecule is COc1cccc2c1C(=O)c1c(O)c3c(c(O)c1C2=O)C[C@@](O)(C(=O)CO)C[C@@H]3O[C@H]1C[C@H](NC(=O)OCCSSCCOC(=O)CCC(=O)OCCOCCOCCO[C@@H]2CC[C@@]3(C)C(=CCC4C3CC[C@@]3(C)C4CC[C@@H]3[C@H](C)CCCC(C)C)C2)[C@H](O)[C@H](C)O1. The van der Waals surface area contributed by atoms with Crippen LogP contribution in [-0.2, 0) is 58.7 Å². The zero-order valence-corrected chi connectivity index (χ0v) is 56.1. The maximum atomic E-state index is 14.0. The Morgan fingerprint density at radius 2 is 1.49 bits per heavy atom. The number of methoxy groups -OCH3 is 1. The van der Waals surface area contributed by atoms with Gasteiger partial charge in [-0.1, -0.05) is 99.3 Å². The zero-order valence-electron chi connectivity index (χ0n) is 54.5. The fourth-order valence-corrected chi connectivity index (χ4v) is 18.1. The molecule has 4 fully saturated rings. The van der Waals surface area contributed by atoms with Gasteiger partial charge in [0.2, 0.25) is 5.78 Å². The van der Waals surface area contributed by atoms with Gasteiger partial charge < -0.3 is 73.5 Å². The van der Waals surface area contributed by atoms with Crippen LogP contribution < -0.4 is 10.1 Å². The molecule has 0 bridgehead atoms. The Balaban J connectivity index is 0.597. The predicted octanol–water partition coefficient (Wildman–Crippen LogP) is 9.48. The van der Waals surface area contributed by atoms with Gasteiger partial charge in [-0.3, -0.25) is 24.0 Å². The van der Waals surface area contributed by atoms with Crippen molar-refractivity contribution in [2.24, 2.45) is 46.3 Å². The number of Topliss-reactive ketones (excluding diaryl/α,β-unsaturated/α-hetero) is 1. The largest absolute Gasteiger partial charge is 0.507 e. The molecule has 1 amide bonds. The number of carbonyl (C=O) groups excluding carboxylic acids is 6. The summed E-state index contributed by atoms with van der Waals surface area (Å²) in [6, 6.07) is 3.27. The predicted molar refractivity (Wildman–Crippen MR) is 343 cm³/mol. The number of esters is 2. The van der Waals surface area contributed by atoms with Gasteiger partial charge in [-0.2, -0.15) is 0 Å². The number of rotatable bonds is 31. The van der Waals surface area contributed by atoms with E-state index in [1.165, 1.54) is 112 Å². The Morgan fingerprint density at radius 1 is 0.804 bits per heavy atom. The van der Waals surface area contributed by atoms with Gasteiger partial charge in [-0.05, 0) is 111 Å². The summed E-state index contributed by atoms with van der Waals surface area (Å²) in [5, 5.41) is 58.6. The topological polar surface area (TPSA) is 299 Å². The highest BCUT2D eigenvalue weighted by Crippen LogP contribution is 2.67. The number of allylic oxidation sites excluding steroid dienone is 1. The second kappa shape index (κ2) is 31.8. The molecule has 0 radical (unpaired) electrons. The third kappa shape index (κ3) is 16.0. The van der Waals surface area contributed by atoms with Crippen LogP contribution in [0, 0.1) is 46.3 Å². The summed E-state index contributed by atoms with van der Waals surface area (Å²) in [7, 11) is 4.03. The van der Waals surface area contributed by atoms with E-state index in [2.05, 4.69) is 46.0 Å². The second-order valence-electron chi connectivity index (χ2n) is 27.2. The summed E-state index contributed by atoms with van der Waals surface area (Å²) in [5.74, 6) is 0.478. The van der Waals surface area contributed by atoms with Crippen LogP contribution in [0.3, 0.4) is 0 Å². The quantitative estimate of drug-likeness (QED) is 0.00872. The molecule has 14 atom stereocenters. The van der Waals surface area contributed by atoms with Crippen molar-refractivity contribution in [1.29, 1.82) is 0 Å². The molecule has 92 heavy (non-hydrogen) atoms. The van der Waals surface area contributed by atoms with Gasteiger partial charge >= 0.3 is 18.0 Å². The molecule has 3 unspecified atom stereocenters. The minimum atomic E-state index is -2.38. The smallest absolute Gasteiger partial charge is 0.407 e. The van der Waals surface area contributed by atoms with E-state index < -0.39 is 114 Å². The molecule has 6 aliphatic carbocycles. The van der Waals surface area contributed by atoms with E-state index in [4.69, 9.17) is 42.6 Å². The standard InChI is InChI=1S/C69H97NO20S2/c1-39(2)10-8-11-40(3)47-16-17-48-44-15-14-42-34-43(20-22-67(42,5)49(44)21-23-68(47,48)6)85-28-26-83-24-25-84-27-29-86-54(73)18-19-55(74)87-30-32-91-92-33-31-88-66(80)70-50-35-56(89-41(4)61(50)75)90-52-37-69(81,53(72)38-71)36-46-58(52)65(79)60-59(63(46)77)62(76)45-12-9-13-51(82-7)57(45)64(60)78/h9,12-14,39-41,43-44,47-50,52,56,61,71,75,77,79,81H,8,10-11,15-38H2,1-7H3,(H,70,80)/t40-,41+,43-,44?,47-,48?,49?,50+,52+,56+,61-,67+,68-,69+/m1/s1. The van der Waals surface area contributed by atoms with E-state index in [0.29, 0.717) is 48.8 Å². The number of ketones is 3. The Bertz CT molecular complexity index is 2990. The van der Waals surface area contributed by atoms with Crippen molar-refractivity contribution in [3.8, 4) is 17.2 Å². The number of amides is 1. The van der Waals surface area contributed by atoms with E-state index in [-0.39, 0.29) is 79.8 Å². The molecule has 510 valence electrons. The van der Waals surface area contributed by atoms with E-state index in [1.807, 2.05) is 0 Å². The minimum Gasteiger partial charge on any atom is -0.507 e. The van der Waals surface area contributed by atoms with Gasteiger partial charge in [-0.15, -0.1) is 0 Å². The lowest BCUT2D eigenvalue weighted by Crippen LogP contribution is -2.56. The number of aliphatic hydroxyl groups excluding tert-OH is 2. The Labute approximate surface area is 548 Å². The van der Waals surface area contributed by atoms with Crippen molar-refractivity contribution in [2.45, 2.75) is 187 Å². The van der Waals surface area contributed by atoms with E-state index >= 15 is 0 Å². The van der Waals surface area contributed by atoms with Crippen molar-refractivity contribution < 1.29 is 96.9 Å². The molecule has 3 saturated carbocycles. The number of nitrogens with one attached hydrogen (secondary N) is 1. The molecule has 1 heterocycles. The van der Waals surface area contributed by atoms with Crippen LogP contribution in [0.2, 0.25) is 0 Å². The summed E-state index contributed by atoms with van der Waals surface area (Å²) in [4.78, 5) is 78.4. The number of phenols is 2. The molecule has 2 aromatic rings. The molecule has 1 aliphatic heterocycles. The summed E-state index contributed by atoms with van der Waals surface area (Å²) < 4.78 is 51.1. The number of benzene rings is 2. The first-order chi connectivity index (χ1) is 44.0. The van der Waals surface area contributed by atoms with Gasteiger partial charge in [0.15, 0.2) is 17.9 Å². The average molecular weight is 1320 g/mol. The number of hydrogen-bond donors (Lipinski definition) is 6. The van der Waals surface area contributed by atoms with Crippen molar-refractivity contribution in [1.82, 2.24) is 5.32 Å². The van der Waals surface area contributed by atoms with Crippen molar-refractivity contribution in [2.75, 3.05) is 78.1 Å². The highest BCUT2D eigenvalue weighted by molar-refractivity contribution is 8.76. The molecule has 21 nitrogen and oxygen atoms in total. The minimum absolute atomic E-state index is 0.0337. The molecular formula is C69H97NO20S2. The zero-order chi connectivity index (χ0) is 66.1. The molecular weight excluding hydrogens is 1230 g/mol. The fraction of sp³-hybridized carbons (Fsp3) is 0.710. The molecule has 0 spiro atoms. The molecule has 1 saturated heterocycles. The molecule has 2 aromatic carbocycles. The number of hydrogen-bond acceptors (Lipinski definition) is 22. The van der Waals surface area contributed by atoms with Crippen LogP contribution >= 0.6 is 21.6 Å². The van der Waals surface area contributed by atoms with Crippen LogP contribution in [0.1, 0.15) is 187 Å². The van der Waals surface area contributed by atoms with Gasteiger partial charge in [-0.25, -0.2) is 4.79 Å². The number of carbonyl (C=O) groups is 6. The molecule has 7 aliphatic rings. The number of aromatic hydroxyl groups is 2. The van der Waals surface area contributed by atoms with Crippen molar-refractivity contribution in [3.63, 3.8) is 0 Å². The molecule has 0 aromatic heterocycles. The highest BCUT2D eigenvalue weighted by Gasteiger charge is 2.59. The summed E-state index contributed by atoms with van der Waals surface area (Å²) in [6.07, 6.45) is 9.48. The number of alkyl carbamates (subject to hydrolysis) is 1. The van der Waals surface area contributed by atoms with Gasteiger partial charge in [0, 0.05) is 47.5 Å². The summed E-state index contributed by atoms with van der Waals surface area (Å²) >= 11 is 0.